The van der Waals surface area contributed by atoms with Gasteiger partial charge in [-0.3, -0.25) is 0 Å². The third kappa shape index (κ3) is 5.53. The first-order chi connectivity index (χ1) is 13.5. The van der Waals surface area contributed by atoms with Crippen molar-refractivity contribution in [2.75, 3.05) is 0 Å². The molecule has 0 N–H and O–H groups in total. The van der Waals surface area contributed by atoms with Crippen LogP contribution in [0.1, 0.15) is 47.5 Å². The Morgan fingerprint density at radius 3 is 1.46 bits per heavy atom. The SMILES string of the molecule is Cc1ccc(/C=C/c2cccc(/C=C/c3ccc(C)cc3)[n+]2CC(C)C)cc1. The van der Waals surface area contributed by atoms with Crippen molar-refractivity contribution in [1.29, 1.82) is 0 Å². The highest BCUT2D eigenvalue weighted by Gasteiger charge is 2.14. The van der Waals surface area contributed by atoms with E-state index in [-0.39, 0.29) is 0 Å². The van der Waals surface area contributed by atoms with Gasteiger partial charge in [0, 0.05) is 30.2 Å². The zero-order chi connectivity index (χ0) is 19.9. The van der Waals surface area contributed by atoms with E-state index in [2.05, 4.69) is 123 Å². The molecule has 0 radical (unpaired) electrons. The van der Waals surface area contributed by atoms with Crippen molar-refractivity contribution >= 4 is 24.3 Å². The molecule has 142 valence electrons. The Labute approximate surface area is 169 Å². The summed E-state index contributed by atoms with van der Waals surface area (Å²) in [6.07, 6.45) is 8.82. The zero-order valence-corrected chi connectivity index (χ0v) is 17.4. The molecule has 0 aliphatic heterocycles. The summed E-state index contributed by atoms with van der Waals surface area (Å²) in [4.78, 5) is 0. The van der Waals surface area contributed by atoms with E-state index >= 15 is 0 Å². The van der Waals surface area contributed by atoms with Crippen molar-refractivity contribution in [3.63, 3.8) is 0 Å². The van der Waals surface area contributed by atoms with Gasteiger partial charge in [-0.05, 0) is 43.2 Å². The number of hydrogen-bond acceptors (Lipinski definition) is 0. The third-order valence-electron chi connectivity index (χ3n) is 4.75. The van der Waals surface area contributed by atoms with E-state index in [1.54, 1.807) is 0 Å². The maximum absolute atomic E-state index is 2.40. The van der Waals surface area contributed by atoms with Crippen molar-refractivity contribution in [3.8, 4) is 0 Å². The number of hydrogen-bond donors (Lipinski definition) is 0. The van der Waals surface area contributed by atoms with Crippen molar-refractivity contribution in [2.45, 2.75) is 34.2 Å². The normalized spacial score (nSPS) is 11.8. The summed E-state index contributed by atoms with van der Waals surface area (Å²) < 4.78 is 2.40. The highest BCUT2D eigenvalue weighted by Crippen LogP contribution is 2.12. The molecule has 0 unspecified atom stereocenters. The molecule has 3 aromatic rings. The van der Waals surface area contributed by atoms with Crippen LogP contribution in [0.15, 0.2) is 66.7 Å². The van der Waals surface area contributed by atoms with Crippen molar-refractivity contribution < 1.29 is 4.57 Å². The predicted molar refractivity (Wildman–Crippen MR) is 122 cm³/mol. The molecule has 0 spiro atoms. The molecule has 0 aliphatic rings. The summed E-state index contributed by atoms with van der Waals surface area (Å²) in [6.45, 7) is 9.76. The van der Waals surface area contributed by atoms with Crippen LogP contribution in [-0.4, -0.2) is 0 Å². The second kappa shape index (κ2) is 9.32. The maximum atomic E-state index is 2.40. The number of aryl methyl sites for hydroxylation is 2. The number of rotatable bonds is 6. The van der Waals surface area contributed by atoms with Gasteiger partial charge in [0.25, 0.3) is 0 Å². The van der Waals surface area contributed by atoms with Gasteiger partial charge in [0.2, 0.25) is 11.4 Å². The Balaban J connectivity index is 1.92. The fourth-order valence-corrected chi connectivity index (χ4v) is 3.16. The first-order valence-corrected chi connectivity index (χ1v) is 10.0. The smallest absolute Gasteiger partial charge is 0.192 e. The minimum absolute atomic E-state index is 0.574. The Morgan fingerprint density at radius 2 is 1.07 bits per heavy atom. The molecule has 3 rings (SSSR count). The first-order valence-electron chi connectivity index (χ1n) is 10.0. The number of pyridine rings is 1. The second-order valence-corrected chi connectivity index (χ2v) is 7.87. The number of nitrogens with zero attached hydrogens (tertiary/aromatic N) is 1. The minimum Gasteiger partial charge on any atom is -0.192 e. The lowest BCUT2D eigenvalue weighted by Crippen LogP contribution is -2.42. The predicted octanol–water partition coefficient (Wildman–Crippen LogP) is 6.59. The lowest BCUT2D eigenvalue weighted by atomic mass is 10.1. The Morgan fingerprint density at radius 1 is 0.643 bits per heavy atom. The minimum atomic E-state index is 0.574. The average Bonchev–Trinajstić information content (AvgIpc) is 2.68. The van der Waals surface area contributed by atoms with Crippen LogP contribution in [0.3, 0.4) is 0 Å². The van der Waals surface area contributed by atoms with Crippen LogP contribution in [0.2, 0.25) is 0 Å². The zero-order valence-electron chi connectivity index (χ0n) is 17.4. The maximum Gasteiger partial charge on any atom is 0.205 e. The van der Waals surface area contributed by atoms with Gasteiger partial charge in [0.15, 0.2) is 6.54 Å². The van der Waals surface area contributed by atoms with Gasteiger partial charge in [-0.2, -0.15) is 4.57 Å². The van der Waals surface area contributed by atoms with Crippen LogP contribution in [0.25, 0.3) is 24.3 Å². The molecule has 0 aliphatic carbocycles. The summed E-state index contributed by atoms with van der Waals surface area (Å²) in [7, 11) is 0. The third-order valence-corrected chi connectivity index (χ3v) is 4.75. The van der Waals surface area contributed by atoms with Crippen molar-refractivity contribution in [3.05, 3.63) is 100 Å². The molecule has 0 saturated heterocycles. The molecule has 1 heteroatoms. The highest BCUT2D eigenvalue weighted by atomic mass is 15.0. The number of benzene rings is 2. The molecule has 0 amide bonds. The topological polar surface area (TPSA) is 3.88 Å². The van der Waals surface area contributed by atoms with Crippen molar-refractivity contribution in [1.82, 2.24) is 0 Å². The molecule has 0 atom stereocenters. The largest absolute Gasteiger partial charge is 0.205 e. The van der Waals surface area contributed by atoms with Gasteiger partial charge >= 0.3 is 0 Å². The fourth-order valence-electron chi connectivity index (χ4n) is 3.16. The van der Waals surface area contributed by atoms with Gasteiger partial charge in [0.1, 0.15) is 0 Å². The van der Waals surface area contributed by atoms with E-state index in [4.69, 9.17) is 0 Å². The molecular formula is C27H30N+. The molecular weight excluding hydrogens is 338 g/mol. The van der Waals surface area contributed by atoms with Crippen LogP contribution in [0.5, 0.6) is 0 Å². The van der Waals surface area contributed by atoms with E-state index in [9.17, 15) is 0 Å². The van der Waals surface area contributed by atoms with E-state index < -0.39 is 0 Å². The molecule has 0 fully saturated rings. The van der Waals surface area contributed by atoms with Gasteiger partial charge < -0.3 is 0 Å². The van der Waals surface area contributed by atoms with Gasteiger partial charge in [-0.1, -0.05) is 73.5 Å². The Kier molecular flexibility index (Phi) is 6.60. The summed E-state index contributed by atoms with van der Waals surface area (Å²) in [5, 5.41) is 0. The lowest BCUT2D eigenvalue weighted by Gasteiger charge is -2.07. The number of aromatic nitrogens is 1. The van der Waals surface area contributed by atoms with Gasteiger partial charge in [0.05, 0.1) is 0 Å². The Hall–Kier alpha value is -2.93. The van der Waals surface area contributed by atoms with E-state index in [1.807, 2.05) is 0 Å². The lowest BCUT2D eigenvalue weighted by molar-refractivity contribution is -0.705. The van der Waals surface area contributed by atoms with Crippen molar-refractivity contribution in [2.24, 2.45) is 5.92 Å². The molecule has 1 heterocycles. The van der Waals surface area contributed by atoms with Crippen LogP contribution in [-0.2, 0) is 6.54 Å². The molecule has 28 heavy (non-hydrogen) atoms. The summed E-state index contributed by atoms with van der Waals surface area (Å²) in [5.41, 5.74) is 7.47. The quantitative estimate of drug-likeness (QED) is 0.432. The standard InChI is InChI=1S/C27H30N/c1-21(2)20-28-26(18-16-24-12-8-22(3)9-13-24)6-5-7-27(28)19-17-25-14-10-23(4)11-15-25/h5-19,21H,20H2,1-4H3/q+1/b18-16+,19-17+. The molecule has 0 bridgehead atoms. The highest BCUT2D eigenvalue weighted by molar-refractivity contribution is 5.69. The van der Waals surface area contributed by atoms with Gasteiger partial charge in [-0.25, -0.2) is 0 Å². The average molecular weight is 369 g/mol. The van der Waals surface area contributed by atoms with E-state index in [0.717, 1.165) is 6.54 Å². The molecule has 1 nitrogen and oxygen atoms in total. The van der Waals surface area contributed by atoms with Crippen LogP contribution in [0.4, 0.5) is 0 Å². The van der Waals surface area contributed by atoms with Crippen LogP contribution in [0, 0.1) is 19.8 Å². The monoisotopic (exact) mass is 368 g/mol. The van der Waals surface area contributed by atoms with E-state index in [0.29, 0.717) is 5.92 Å². The second-order valence-electron chi connectivity index (χ2n) is 7.87. The van der Waals surface area contributed by atoms with E-state index in [1.165, 1.54) is 33.6 Å². The summed E-state index contributed by atoms with van der Waals surface area (Å²) in [6, 6.07) is 23.8. The summed E-state index contributed by atoms with van der Waals surface area (Å²) in [5.74, 6) is 0.574. The first kappa shape index (κ1) is 19.8. The Bertz CT molecular complexity index is 884. The van der Waals surface area contributed by atoms with Crippen LogP contribution >= 0.6 is 0 Å². The summed E-state index contributed by atoms with van der Waals surface area (Å²) >= 11 is 0. The molecule has 2 aromatic carbocycles. The fraction of sp³-hybridized carbons (Fsp3) is 0.222. The van der Waals surface area contributed by atoms with Crippen LogP contribution < -0.4 is 4.57 Å². The molecule has 1 aromatic heterocycles. The van der Waals surface area contributed by atoms with Gasteiger partial charge in [-0.15, -0.1) is 0 Å². The molecule has 0 saturated carbocycles.